The summed E-state index contributed by atoms with van der Waals surface area (Å²) >= 11 is 1.00. The number of aromatic nitrogens is 1. The number of carbonyl (C=O) groups is 2. The number of alkyl halides is 3. The van der Waals surface area contributed by atoms with E-state index in [1.165, 1.54) is 17.0 Å². The van der Waals surface area contributed by atoms with Gasteiger partial charge in [0.15, 0.2) is 5.13 Å². The zero-order chi connectivity index (χ0) is 20.7. The summed E-state index contributed by atoms with van der Waals surface area (Å²) in [5.74, 6) is -1.12. The van der Waals surface area contributed by atoms with E-state index in [9.17, 15) is 22.8 Å². The lowest BCUT2D eigenvalue weighted by atomic mass is 10.0. The Kier molecular flexibility index (Phi) is 5.24. The van der Waals surface area contributed by atoms with Gasteiger partial charge in [0.1, 0.15) is 11.3 Å². The number of hydrogen-bond donors (Lipinski definition) is 2. The van der Waals surface area contributed by atoms with Gasteiger partial charge in [-0.25, -0.2) is 4.98 Å². The van der Waals surface area contributed by atoms with Gasteiger partial charge in [0.25, 0.3) is 5.91 Å². The summed E-state index contributed by atoms with van der Waals surface area (Å²) in [5.41, 5.74) is 4.89. The van der Waals surface area contributed by atoms with E-state index < -0.39 is 17.8 Å². The van der Waals surface area contributed by atoms with Crippen molar-refractivity contribution in [1.82, 2.24) is 9.88 Å². The molecule has 28 heavy (non-hydrogen) atoms. The van der Waals surface area contributed by atoms with Crippen LogP contribution in [0.15, 0.2) is 18.2 Å². The Morgan fingerprint density at radius 1 is 1.36 bits per heavy atom. The summed E-state index contributed by atoms with van der Waals surface area (Å²) in [6.07, 6.45) is -3.22. The predicted octanol–water partition coefficient (Wildman–Crippen LogP) is 3.07. The van der Waals surface area contributed by atoms with Crippen LogP contribution in [0.1, 0.15) is 26.7 Å². The van der Waals surface area contributed by atoms with Gasteiger partial charge < -0.3 is 15.4 Å². The van der Waals surface area contributed by atoms with Crippen LogP contribution in [-0.4, -0.2) is 40.3 Å². The fourth-order valence-electron chi connectivity index (χ4n) is 2.67. The van der Waals surface area contributed by atoms with Crippen LogP contribution in [0.2, 0.25) is 0 Å². The van der Waals surface area contributed by atoms with Gasteiger partial charge in [-0.3, -0.25) is 14.9 Å². The highest BCUT2D eigenvalue weighted by Gasteiger charge is 2.43. The second-order valence-electron chi connectivity index (χ2n) is 6.93. The largest absolute Gasteiger partial charge is 0.573 e. The molecule has 0 unspecified atom stereocenters. The number of rotatable bonds is 6. The van der Waals surface area contributed by atoms with Crippen LogP contribution in [0.25, 0.3) is 10.2 Å². The van der Waals surface area contributed by atoms with E-state index in [2.05, 4.69) is 15.0 Å². The third kappa shape index (κ3) is 4.36. The number of halogens is 3. The SMILES string of the molecule is CC(C)(C(=O)Nc1nc2ccc(OC(F)(F)F)cc2s1)N(CN)C(=O)C1CC1. The molecule has 1 saturated carbocycles. The second-order valence-corrected chi connectivity index (χ2v) is 7.96. The van der Waals surface area contributed by atoms with Crippen LogP contribution < -0.4 is 15.8 Å². The van der Waals surface area contributed by atoms with Gasteiger partial charge in [-0.15, -0.1) is 13.2 Å². The molecule has 2 aromatic rings. The van der Waals surface area contributed by atoms with Crippen molar-refractivity contribution in [2.24, 2.45) is 11.7 Å². The van der Waals surface area contributed by atoms with Gasteiger partial charge in [-0.2, -0.15) is 0 Å². The van der Waals surface area contributed by atoms with E-state index in [1.54, 1.807) is 13.8 Å². The van der Waals surface area contributed by atoms with Crippen molar-refractivity contribution in [3.05, 3.63) is 18.2 Å². The van der Waals surface area contributed by atoms with Gasteiger partial charge >= 0.3 is 6.36 Å². The van der Waals surface area contributed by atoms with Crippen molar-refractivity contribution < 1.29 is 27.5 Å². The minimum atomic E-state index is -4.79. The van der Waals surface area contributed by atoms with Crippen molar-refractivity contribution in [2.45, 2.75) is 38.6 Å². The molecule has 1 aliphatic carbocycles. The lowest BCUT2D eigenvalue weighted by molar-refractivity contribution is -0.274. The molecule has 1 fully saturated rings. The first-order valence-electron chi connectivity index (χ1n) is 8.50. The van der Waals surface area contributed by atoms with Gasteiger partial charge in [-0.05, 0) is 38.8 Å². The minimum absolute atomic E-state index is 0.0925. The fourth-order valence-corrected chi connectivity index (χ4v) is 3.56. The Labute approximate surface area is 162 Å². The average molecular weight is 416 g/mol. The van der Waals surface area contributed by atoms with Crippen LogP contribution in [-0.2, 0) is 9.59 Å². The molecule has 7 nitrogen and oxygen atoms in total. The molecule has 3 N–H and O–H groups in total. The van der Waals surface area contributed by atoms with Gasteiger partial charge in [0, 0.05) is 12.0 Å². The third-order valence-corrected chi connectivity index (χ3v) is 5.35. The van der Waals surface area contributed by atoms with Crippen LogP contribution >= 0.6 is 11.3 Å². The van der Waals surface area contributed by atoms with Crippen LogP contribution in [0.4, 0.5) is 18.3 Å². The van der Waals surface area contributed by atoms with E-state index >= 15 is 0 Å². The Morgan fingerprint density at radius 2 is 2.04 bits per heavy atom. The smallest absolute Gasteiger partial charge is 0.406 e. The number of nitrogens with two attached hydrogens (primary N) is 1. The van der Waals surface area contributed by atoms with Gasteiger partial charge in [-0.1, -0.05) is 11.3 Å². The Morgan fingerprint density at radius 3 is 2.61 bits per heavy atom. The van der Waals surface area contributed by atoms with Gasteiger partial charge in [0.2, 0.25) is 5.91 Å². The predicted molar refractivity (Wildman–Crippen MR) is 97.6 cm³/mol. The van der Waals surface area contributed by atoms with E-state index in [0.29, 0.717) is 10.2 Å². The zero-order valence-corrected chi connectivity index (χ0v) is 16.0. The molecule has 1 aliphatic rings. The number of hydrogen-bond acceptors (Lipinski definition) is 6. The first-order valence-corrected chi connectivity index (χ1v) is 9.32. The Hall–Kier alpha value is -2.40. The molecule has 1 aromatic heterocycles. The standard InChI is InChI=1S/C17H19F3N4O3S/c1-16(2,24(8-21)13(25)9-3-4-9)14(26)23-15-22-11-6-5-10(7-12(11)28-15)27-17(18,19)20/h5-7,9H,3-4,8,21H2,1-2H3,(H,22,23,26). The highest BCUT2D eigenvalue weighted by atomic mass is 32.1. The monoisotopic (exact) mass is 416 g/mol. The second kappa shape index (κ2) is 7.21. The quantitative estimate of drug-likeness (QED) is 0.706. The highest BCUT2D eigenvalue weighted by molar-refractivity contribution is 7.22. The lowest BCUT2D eigenvalue weighted by Crippen LogP contribution is -2.57. The summed E-state index contributed by atoms with van der Waals surface area (Å²) in [7, 11) is 0. The topological polar surface area (TPSA) is 97.6 Å². The molecular formula is C17H19F3N4O3S. The summed E-state index contributed by atoms with van der Waals surface area (Å²) < 4.78 is 41.4. The van der Waals surface area contributed by atoms with Crippen molar-refractivity contribution in [2.75, 3.05) is 12.0 Å². The van der Waals surface area contributed by atoms with Crippen LogP contribution in [0.5, 0.6) is 5.75 Å². The maximum atomic E-state index is 12.7. The number of amides is 2. The number of carbonyl (C=O) groups excluding carboxylic acids is 2. The third-order valence-electron chi connectivity index (χ3n) is 4.42. The molecule has 0 bridgehead atoms. The maximum absolute atomic E-state index is 12.7. The number of nitrogens with zero attached hydrogens (tertiary/aromatic N) is 2. The first kappa shape index (κ1) is 20.3. The molecular weight excluding hydrogens is 397 g/mol. The normalized spacial score (nSPS) is 14.8. The van der Waals surface area contributed by atoms with Gasteiger partial charge in [0.05, 0.1) is 16.9 Å². The van der Waals surface area contributed by atoms with Crippen molar-refractivity contribution >= 4 is 38.5 Å². The summed E-state index contributed by atoms with van der Waals surface area (Å²) in [6, 6.07) is 3.72. The number of fused-ring (bicyclic) bond motifs is 1. The number of anilines is 1. The summed E-state index contributed by atoms with van der Waals surface area (Å²) in [4.78, 5) is 30.6. The molecule has 152 valence electrons. The molecule has 3 rings (SSSR count). The lowest BCUT2D eigenvalue weighted by Gasteiger charge is -2.36. The van der Waals surface area contributed by atoms with Crippen LogP contribution in [0, 0.1) is 5.92 Å². The number of ether oxygens (including phenoxy) is 1. The average Bonchev–Trinajstić information content (AvgIpc) is 3.34. The van der Waals surface area contributed by atoms with E-state index in [1.807, 2.05) is 0 Å². The molecule has 2 amide bonds. The van der Waals surface area contributed by atoms with E-state index in [0.717, 1.165) is 30.2 Å². The van der Waals surface area contributed by atoms with Crippen molar-refractivity contribution in [1.29, 1.82) is 0 Å². The molecule has 0 aliphatic heterocycles. The number of nitrogens with one attached hydrogen (secondary N) is 1. The maximum Gasteiger partial charge on any atom is 0.573 e. The molecule has 1 aromatic carbocycles. The minimum Gasteiger partial charge on any atom is -0.406 e. The molecule has 1 heterocycles. The van der Waals surface area contributed by atoms with Crippen molar-refractivity contribution in [3.8, 4) is 5.75 Å². The highest BCUT2D eigenvalue weighted by Crippen LogP contribution is 2.34. The van der Waals surface area contributed by atoms with Crippen LogP contribution in [0.3, 0.4) is 0 Å². The molecule has 0 saturated heterocycles. The molecule has 0 atom stereocenters. The Bertz CT molecular complexity index is 909. The van der Waals surface area contributed by atoms with E-state index in [-0.39, 0.29) is 29.4 Å². The zero-order valence-electron chi connectivity index (χ0n) is 15.2. The molecule has 11 heteroatoms. The Balaban J connectivity index is 1.77. The molecule has 0 radical (unpaired) electrons. The van der Waals surface area contributed by atoms with Crippen molar-refractivity contribution in [3.63, 3.8) is 0 Å². The summed E-state index contributed by atoms with van der Waals surface area (Å²) in [5, 5.41) is 2.83. The molecule has 0 spiro atoms. The first-order chi connectivity index (χ1) is 13.0. The fraction of sp³-hybridized carbons (Fsp3) is 0.471. The number of thiazole rings is 1. The van der Waals surface area contributed by atoms with E-state index in [4.69, 9.17) is 5.73 Å². The number of benzene rings is 1. The summed E-state index contributed by atoms with van der Waals surface area (Å²) in [6.45, 7) is 3.06.